The summed E-state index contributed by atoms with van der Waals surface area (Å²) < 4.78 is 28.5. The Kier molecular flexibility index (Phi) is 52.1. The van der Waals surface area contributed by atoms with E-state index in [0.717, 1.165) is 128 Å². The van der Waals surface area contributed by atoms with Crippen molar-refractivity contribution in [2.24, 2.45) is 0 Å². The summed E-state index contributed by atoms with van der Waals surface area (Å²) in [5.41, 5.74) is 0. The summed E-state index contributed by atoms with van der Waals surface area (Å²) in [6, 6.07) is 0. The van der Waals surface area contributed by atoms with Gasteiger partial charge in [-0.15, -0.1) is 0 Å². The molecule has 0 spiro atoms. The number of carboxylic acids is 1. The molecule has 12 nitrogen and oxygen atoms in total. The van der Waals surface area contributed by atoms with Crippen molar-refractivity contribution in [3.05, 3.63) is 85.1 Å². The number of hydrogen-bond acceptors (Lipinski definition) is 11. The van der Waals surface area contributed by atoms with Gasteiger partial charge in [-0.05, 0) is 116 Å². The molecule has 1 aliphatic heterocycles. The van der Waals surface area contributed by atoms with E-state index < -0.39 is 67.3 Å². The van der Waals surface area contributed by atoms with Crippen LogP contribution in [0.5, 0.6) is 0 Å². The molecule has 0 radical (unpaired) electrons. The molecule has 0 aromatic heterocycles. The lowest BCUT2D eigenvalue weighted by Gasteiger charge is -2.40. The van der Waals surface area contributed by atoms with Crippen molar-refractivity contribution in [2.75, 3.05) is 13.2 Å². The van der Waals surface area contributed by atoms with E-state index in [1.165, 1.54) is 89.9 Å². The minimum Gasteiger partial charge on any atom is -0.479 e. The van der Waals surface area contributed by atoms with Crippen LogP contribution in [-0.2, 0) is 42.9 Å². The number of carbonyl (C=O) groups excluding carboxylic acids is 3. The van der Waals surface area contributed by atoms with Gasteiger partial charge in [0, 0.05) is 19.3 Å². The van der Waals surface area contributed by atoms with Gasteiger partial charge in [0.2, 0.25) is 0 Å². The molecule has 1 rings (SSSR count). The summed E-state index contributed by atoms with van der Waals surface area (Å²) in [6.07, 6.45) is 61.0. The number of aliphatic hydroxyl groups excluding tert-OH is 2. The average Bonchev–Trinajstić information content (AvgIpc) is 3.53. The van der Waals surface area contributed by atoms with Crippen LogP contribution in [0.2, 0.25) is 0 Å². The molecule has 0 aliphatic carbocycles. The highest BCUT2D eigenvalue weighted by Crippen LogP contribution is 2.26. The Morgan fingerprint density at radius 2 is 0.778 bits per heavy atom. The van der Waals surface area contributed by atoms with Crippen LogP contribution in [0.3, 0.4) is 0 Å². The van der Waals surface area contributed by atoms with Gasteiger partial charge in [0.1, 0.15) is 18.8 Å². The first-order valence-corrected chi connectivity index (χ1v) is 32.6. The zero-order chi connectivity index (χ0) is 58.9. The number of unbranched alkanes of at least 4 members (excludes halogenated alkanes) is 27. The summed E-state index contributed by atoms with van der Waals surface area (Å²) in [6.45, 7) is 5.84. The quantitative estimate of drug-likeness (QED) is 0.0228. The van der Waals surface area contributed by atoms with Gasteiger partial charge in [0.15, 0.2) is 24.6 Å². The molecule has 464 valence electrons. The van der Waals surface area contributed by atoms with Crippen LogP contribution in [-0.4, -0.2) is 89.2 Å². The van der Waals surface area contributed by atoms with E-state index in [1.54, 1.807) is 0 Å². The zero-order valence-electron chi connectivity index (χ0n) is 51.3. The molecule has 0 aromatic rings. The second kappa shape index (κ2) is 56.4. The maximum atomic E-state index is 13.2. The second-order valence-electron chi connectivity index (χ2n) is 22.0. The van der Waals surface area contributed by atoms with Gasteiger partial charge in [-0.3, -0.25) is 14.4 Å². The number of rotatable bonds is 55. The molecule has 0 amide bonds. The summed E-state index contributed by atoms with van der Waals surface area (Å²) in [5, 5.41) is 31.6. The number of aliphatic hydroxyl groups is 2. The van der Waals surface area contributed by atoms with Crippen molar-refractivity contribution in [2.45, 2.75) is 314 Å². The Balaban J connectivity index is 2.67. The Hall–Kier alpha value is -4.10. The number of allylic oxidation sites excluding steroid dienone is 14. The lowest BCUT2D eigenvalue weighted by atomic mass is 9.98. The van der Waals surface area contributed by atoms with Gasteiger partial charge in [-0.25, -0.2) is 4.79 Å². The number of aliphatic carboxylic acids is 1. The summed E-state index contributed by atoms with van der Waals surface area (Å²) in [7, 11) is 0. The highest BCUT2D eigenvalue weighted by molar-refractivity contribution is 5.74. The third kappa shape index (κ3) is 46.0. The standard InChI is InChI=1S/C69H116O12/c1-4-7-10-13-16-19-22-25-28-30-31-33-35-37-40-43-46-49-52-55-61(70)77-58-60(79-62(71)56-53-50-47-44-41-39-36-32-29-26-23-20-17-14-11-8-5-2)59-78-69-67(65(74)64(73)66(81-69)68(75)76)80-63(72)57-54-51-48-45-42-38-34-27-24-21-18-15-12-9-6-3/h9,12,16-21,25-29,34,60,64-67,69,73-74H,4-8,10-11,13-15,22-24,30-33,35-59H2,1-3H3,(H,75,76)/b12-9-,19-16-,20-17-,21-18-,28-25-,29-26-,34-27-. The van der Waals surface area contributed by atoms with Gasteiger partial charge in [-0.1, -0.05) is 228 Å². The van der Waals surface area contributed by atoms with Crippen LogP contribution in [0.1, 0.15) is 278 Å². The van der Waals surface area contributed by atoms with Crippen molar-refractivity contribution in [1.29, 1.82) is 0 Å². The van der Waals surface area contributed by atoms with Gasteiger partial charge < -0.3 is 39.0 Å². The van der Waals surface area contributed by atoms with E-state index >= 15 is 0 Å². The largest absolute Gasteiger partial charge is 0.479 e. The Labute approximate surface area is 492 Å². The monoisotopic (exact) mass is 1140 g/mol. The van der Waals surface area contributed by atoms with Gasteiger partial charge in [0.05, 0.1) is 6.61 Å². The fraction of sp³-hybridized carbons (Fsp3) is 0.739. The van der Waals surface area contributed by atoms with Crippen LogP contribution in [0.15, 0.2) is 85.1 Å². The van der Waals surface area contributed by atoms with Crippen molar-refractivity contribution in [1.82, 2.24) is 0 Å². The molecule has 6 atom stereocenters. The number of carboxylic acid groups (broad SMARTS) is 1. The Morgan fingerprint density at radius 3 is 1.19 bits per heavy atom. The van der Waals surface area contributed by atoms with E-state index in [0.29, 0.717) is 19.3 Å². The Bertz CT molecular complexity index is 1730. The molecule has 1 fully saturated rings. The predicted octanol–water partition coefficient (Wildman–Crippen LogP) is 17.5. The molecule has 1 heterocycles. The van der Waals surface area contributed by atoms with Crippen molar-refractivity contribution in [3.8, 4) is 0 Å². The summed E-state index contributed by atoms with van der Waals surface area (Å²) in [5.74, 6) is -3.15. The molecule has 81 heavy (non-hydrogen) atoms. The molecule has 1 saturated heterocycles. The third-order valence-corrected chi connectivity index (χ3v) is 14.4. The van der Waals surface area contributed by atoms with Crippen LogP contribution in [0, 0.1) is 0 Å². The molecular weight excluding hydrogens is 1020 g/mol. The van der Waals surface area contributed by atoms with Crippen molar-refractivity contribution < 1.29 is 58.2 Å². The normalized spacial score (nSPS) is 18.3. The number of ether oxygens (including phenoxy) is 5. The maximum Gasteiger partial charge on any atom is 0.335 e. The fourth-order valence-corrected chi connectivity index (χ4v) is 9.44. The van der Waals surface area contributed by atoms with E-state index in [4.69, 9.17) is 23.7 Å². The summed E-state index contributed by atoms with van der Waals surface area (Å²) >= 11 is 0. The molecule has 0 aromatic carbocycles. The van der Waals surface area contributed by atoms with Crippen LogP contribution < -0.4 is 0 Å². The topological polar surface area (TPSA) is 175 Å². The second-order valence-corrected chi connectivity index (χ2v) is 22.0. The van der Waals surface area contributed by atoms with Gasteiger partial charge >= 0.3 is 23.9 Å². The highest BCUT2D eigenvalue weighted by atomic mass is 16.7. The average molecular weight is 1140 g/mol. The maximum absolute atomic E-state index is 13.2. The number of hydrogen-bond donors (Lipinski definition) is 3. The minimum absolute atomic E-state index is 0.0374. The first kappa shape index (κ1) is 74.9. The number of carbonyl (C=O) groups is 4. The highest BCUT2D eigenvalue weighted by Gasteiger charge is 2.50. The molecule has 0 bridgehead atoms. The van der Waals surface area contributed by atoms with E-state index in [-0.39, 0.29) is 25.9 Å². The van der Waals surface area contributed by atoms with E-state index in [9.17, 15) is 34.5 Å². The van der Waals surface area contributed by atoms with Crippen molar-refractivity contribution >= 4 is 23.9 Å². The number of esters is 3. The molecule has 6 unspecified atom stereocenters. The molecule has 1 aliphatic rings. The zero-order valence-corrected chi connectivity index (χ0v) is 51.3. The fourth-order valence-electron chi connectivity index (χ4n) is 9.44. The molecule has 3 N–H and O–H groups in total. The van der Waals surface area contributed by atoms with E-state index in [1.807, 2.05) is 0 Å². The molecule has 0 saturated carbocycles. The van der Waals surface area contributed by atoms with Gasteiger partial charge in [-0.2, -0.15) is 0 Å². The van der Waals surface area contributed by atoms with E-state index in [2.05, 4.69) is 106 Å². The SMILES string of the molecule is CC/C=C\C/C=C\C/C=C\CCCCCCCC(=O)OC1C(OCC(COC(=O)CCCCCCCCCCC/C=C\C/C=C\CCCCC)OC(=O)CCCCCCCCC/C=C\C/C=C\CCCCC)OC(C(=O)O)C(O)C1O. The van der Waals surface area contributed by atoms with Gasteiger partial charge in [0.25, 0.3) is 0 Å². The minimum atomic E-state index is -1.91. The Morgan fingerprint density at radius 1 is 0.420 bits per heavy atom. The van der Waals surface area contributed by atoms with Crippen LogP contribution in [0.4, 0.5) is 0 Å². The smallest absolute Gasteiger partial charge is 0.335 e. The summed E-state index contributed by atoms with van der Waals surface area (Å²) in [4.78, 5) is 51.3. The predicted molar refractivity (Wildman–Crippen MR) is 331 cm³/mol. The molecular formula is C69H116O12. The van der Waals surface area contributed by atoms with Crippen LogP contribution in [0.25, 0.3) is 0 Å². The first-order chi connectivity index (χ1) is 39.6. The third-order valence-electron chi connectivity index (χ3n) is 14.4. The molecule has 12 heteroatoms. The van der Waals surface area contributed by atoms with Crippen molar-refractivity contribution in [3.63, 3.8) is 0 Å². The first-order valence-electron chi connectivity index (χ1n) is 32.6. The lowest BCUT2D eigenvalue weighted by Crippen LogP contribution is -2.61. The lowest BCUT2D eigenvalue weighted by molar-refractivity contribution is -0.301. The van der Waals surface area contributed by atoms with Crippen LogP contribution >= 0.6 is 0 Å².